The Morgan fingerprint density at radius 3 is 2.25 bits per heavy atom. The molecular formula is C22H32N6O4. The van der Waals surface area contributed by atoms with Crippen LogP contribution in [0.5, 0.6) is 0 Å². The van der Waals surface area contributed by atoms with Gasteiger partial charge in [-0.05, 0) is 36.1 Å². The molecule has 0 atom stereocenters. The Labute approximate surface area is 186 Å². The zero-order valence-corrected chi connectivity index (χ0v) is 19.0. The number of hydrogen-bond acceptors (Lipinski definition) is 6. The van der Waals surface area contributed by atoms with Gasteiger partial charge in [0.25, 0.3) is 5.56 Å². The molecule has 2 aromatic rings. The van der Waals surface area contributed by atoms with Crippen LogP contribution in [0.2, 0.25) is 0 Å². The molecular weight excluding hydrogens is 412 g/mol. The fourth-order valence-corrected chi connectivity index (χ4v) is 3.34. The van der Waals surface area contributed by atoms with Crippen LogP contribution in [0.4, 0.5) is 17.2 Å². The first kappa shape index (κ1) is 24.7. The van der Waals surface area contributed by atoms with Crippen LogP contribution in [0, 0.1) is 11.8 Å². The van der Waals surface area contributed by atoms with Crippen LogP contribution in [-0.2, 0) is 11.3 Å². The molecule has 32 heavy (non-hydrogen) atoms. The quantitative estimate of drug-likeness (QED) is 0.433. The maximum Gasteiger partial charge on any atom is 0.330 e. The van der Waals surface area contributed by atoms with Gasteiger partial charge < -0.3 is 21.7 Å². The van der Waals surface area contributed by atoms with Gasteiger partial charge in [-0.1, -0.05) is 27.7 Å². The summed E-state index contributed by atoms with van der Waals surface area (Å²) >= 11 is 0. The minimum Gasteiger partial charge on any atom is -0.383 e. The van der Waals surface area contributed by atoms with E-state index in [9.17, 15) is 19.2 Å². The highest BCUT2D eigenvalue weighted by molar-refractivity contribution is 5.94. The number of hydrogen-bond donors (Lipinski definition) is 4. The Bertz CT molecular complexity index is 1070. The molecule has 1 heterocycles. The van der Waals surface area contributed by atoms with Gasteiger partial charge in [0.2, 0.25) is 11.8 Å². The van der Waals surface area contributed by atoms with Crippen LogP contribution >= 0.6 is 0 Å². The van der Waals surface area contributed by atoms with Gasteiger partial charge in [0, 0.05) is 37.3 Å². The van der Waals surface area contributed by atoms with E-state index in [1.165, 1.54) is 16.7 Å². The summed E-state index contributed by atoms with van der Waals surface area (Å²) in [6.45, 7) is 8.95. The largest absolute Gasteiger partial charge is 0.383 e. The van der Waals surface area contributed by atoms with Gasteiger partial charge in [0.05, 0.1) is 0 Å². The highest BCUT2D eigenvalue weighted by atomic mass is 16.2. The number of nitrogens with one attached hydrogen (secondary N) is 2. The molecule has 0 fully saturated rings. The van der Waals surface area contributed by atoms with E-state index in [2.05, 4.69) is 10.3 Å². The summed E-state index contributed by atoms with van der Waals surface area (Å²) in [5.41, 5.74) is 11.4. The molecule has 0 radical (unpaired) electrons. The lowest BCUT2D eigenvalue weighted by Gasteiger charge is -2.28. The van der Waals surface area contributed by atoms with Crippen LogP contribution in [0.3, 0.4) is 0 Å². The average Bonchev–Trinajstić information content (AvgIpc) is 2.69. The number of nitrogens with zero attached hydrogens (tertiary/aromatic N) is 2. The van der Waals surface area contributed by atoms with Crippen molar-refractivity contribution >= 4 is 29.0 Å². The summed E-state index contributed by atoms with van der Waals surface area (Å²) in [6.07, 6.45) is 0.0898. The molecule has 0 saturated carbocycles. The van der Waals surface area contributed by atoms with Crippen LogP contribution in [0.1, 0.15) is 44.5 Å². The Morgan fingerprint density at radius 1 is 1.09 bits per heavy atom. The fraction of sp³-hybridized carbons (Fsp3) is 0.455. The predicted octanol–water partition coefficient (Wildman–Crippen LogP) is 1.36. The second-order valence-electron chi connectivity index (χ2n) is 8.58. The molecule has 0 unspecified atom stereocenters. The summed E-state index contributed by atoms with van der Waals surface area (Å²) in [4.78, 5) is 52.6. The van der Waals surface area contributed by atoms with Crippen LogP contribution in [0.25, 0.3) is 0 Å². The zero-order chi connectivity index (χ0) is 24.0. The molecule has 2 rings (SSSR count). The van der Waals surface area contributed by atoms with E-state index in [-0.39, 0.29) is 42.2 Å². The van der Waals surface area contributed by atoms with E-state index in [0.29, 0.717) is 24.3 Å². The van der Waals surface area contributed by atoms with Crippen molar-refractivity contribution < 1.29 is 9.59 Å². The first-order chi connectivity index (χ1) is 15.0. The molecule has 0 aliphatic carbocycles. The minimum absolute atomic E-state index is 0.0898. The number of amides is 2. The number of aromatic amines is 1. The van der Waals surface area contributed by atoms with Crippen molar-refractivity contribution in [1.29, 1.82) is 0 Å². The molecule has 10 nitrogen and oxygen atoms in total. The fourth-order valence-electron chi connectivity index (χ4n) is 3.34. The van der Waals surface area contributed by atoms with E-state index in [1.807, 2.05) is 27.7 Å². The van der Waals surface area contributed by atoms with Gasteiger partial charge in [-0.3, -0.25) is 23.9 Å². The second kappa shape index (κ2) is 10.7. The molecule has 10 heteroatoms. The van der Waals surface area contributed by atoms with Crippen molar-refractivity contribution in [1.82, 2.24) is 9.55 Å². The molecule has 0 aliphatic rings. The molecule has 6 N–H and O–H groups in total. The average molecular weight is 445 g/mol. The van der Waals surface area contributed by atoms with E-state index in [1.54, 1.807) is 17.0 Å². The Kier molecular flexibility index (Phi) is 8.22. The smallest absolute Gasteiger partial charge is 0.330 e. The number of benzene rings is 1. The number of primary amides is 1. The Hall–Kier alpha value is -3.56. The predicted molar refractivity (Wildman–Crippen MR) is 126 cm³/mol. The third-order valence-electron chi connectivity index (χ3n) is 4.73. The number of nitrogen functional groups attached to an aromatic ring is 1. The third kappa shape index (κ3) is 6.47. The summed E-state index contributed by atoms with van der Waals surface area (Å²) in [7, 11) is 0. The van der Waals surface area contributed by atoms with Gasteiger partial charge in [0.1, 0.15) is 11.5 Å². The standard InChI is InChI=1S/C22H32N6O4/c1-13(2)11-27(18-19(23)28(12-14(3)4)22(32)26-21(18)31)10-9-17(29)25-16-7-5-15(6-8-16)20(24)30/h5-8,13-14H,9-12,23H2,1-4H3,(H2,24,30)(H,25,29)(H,26,31,32). The van der Waals surface area contributed by atoms with Crippen LogP contribution in [0.15, 0.2) is 33.9 Å². The highest BCUT2D eigenvalue weighted by Crippen LogP contribution is 2.19. The number of rotatable bonds is 10. The van der Waals surface area contributed by atoms with Gasteiger partial charge in [-0.15, -0.1) is 0 Å². The molecule has 0 bridgehead atoms. The monoisotopic (exact) mass is 444 g/mol. The summed E-state index contributed by atoms with van der Waals surface area (Å²) in [5, 5.41) is 2.75. The number of anilines is 3. The first-order valence-corrected chi connectivity index (χ1v) is 10.6. The highest BCUT2D eigenvalue weighted by Gasteiger charge is 2.21. The van der Waals surface area contributed by atoms with E-state index >= 15 is 0 Å². The van der Waals surface area contributed by atoms with Crippen molar-refractivity contribution in [3.63, 3.8) is 0 Å². The molecule has 1 aromatic carbocycles. The van der Waals surface area contributed by atoms with Crippen LogP contribution < -0.4 is 32.9 Å². The van der Waals surface area contributed by atoms with Crippen molar-refractivity contribution in [2.24, 2.45) is 17.6 Å². The molecule has 2 amide bonds. The molecule has 0 spiro atoms. The summed E-state index contributed by atoms with van der Waals surface area (Å²) in [6, 6.07) is 6.24. The molecule has 0 saturated heterocycles. The summed E-state index contributed by atoms with van der Waals surface area (Å²) in [5.74, 6) is -0.386. The topological polar surface area (TPSA) is 156 Å². The molecule has 174 valence electrons. The third-order valence-corrected chi connectivity index (χ3v) is 4.73. The normalized spacial score (nSPS) is 11.1. The lowest BCUT2D eigenvalue weighted by Crippen LogP contribution is -2.41. The van der Waals surface area contributed by atoms with E-state index in [4.69, 9.17) is 11.5 Å². The maximum atomic E-state index is 12.6. The number of carbonyl (C=O) groups excluding carboxylic acids is 2. The first-order valence-electron chi connectivity index (χ1n) is 10.6. The zero-order valence-electron chi connectivity index (χ0n) is 19.0. The van der Waals surface area contributed by atoms with E-state index in [0.717, 1.165) is 0 Å². The second-order valence-corrected chi connectivity index (χ2v) is 8.58. The maximum absolute atomic E-state index is 12.6. The lowest BCUT2D eigenvalue weighted by molar-refractivity contribution is -0.116. The van der Waals surface area contributed by atoms with Gasteiger partial charge in [-0.25, -0.2) is 4.79 Å². The van der Waals surface area contributed by atoms with E-state index < -0.39 is 17.2 Å². The van der Waals surface area contributed by atoms with Gasteiger partial charge in [-0.2, -0.15) is 0 Å². The van der Waals surface area contributed by atoms with Crippen molar-refractivity contribution in [2.75, 3.05) is 29.0 Å². The van der Waals surface area contributed by atoms with Gasteiger partial charge >= 0.3 is 5.69 Å². The minimum atomic E-state index is -0.574. The SMILES string of the molecule is CC(C)CN(CCC(=O)Nc1ccc(C(N)=O)cc1)c1c(N)n(CC(C)C)c(=O)[nH]c1=O. The number of aromatic nitrogens is 2. The Morgan fingerprint density at radius 2 is 1.72 bits per heavy atom. The lowest BCUT2D eigenvalue weighted by atomic mass is 10.1. The summed E-state index contributed by atoms with van der Waals surface area (Å²) < 4.78 is 1.36. The number of nitrogens with two attached hydrogens (primary N) is 2. The Balaban J connectivity index is 2.22. The molecule has 1 aromatic heterocycles. The van der Waals surface area contributed by atoms with Crippen LogP contribution in [-0.4, -0.2) is 34.5 Å². The number of H-pyrrole nitrogens is 1. The van der Waals surface area contributed by atoms with Crippen molar-refractivity contribution in [2.45, 2.75) is 40.7 Å². The number of carbonyl (C=O) groups is 2. The van der Waals surface area contributed by atoms with Gasteiger partial charge in [0.15, 0.2) is 0 Å². The van der Waals surface area contributed by atoms with Crippen molar-refractivity contribution in [3.8, 4) is 0 Å². The molecule has 0 aliphatic heterocycles. The van der Waals surface area contributed by atoms with Crippen molar-refractivity contribution in [3.05, 3.63) is 50.7 Å².